The van der Waals surface area contributed by atoms with Crippen LogP contribution in [0.3, 0.4) is 0 Å². The minimum Gasteiger partial charge on any atom is -0.494 e. The van der Waals surface area contributed by atoms with E-state index in [0.29, 0.717) is 0 Å². The number of benzene rings is 1. The number of ether oxygens (including phenoxy) is 1. The Morgan fingerprint density at radius 3 is 2.58 bits per heavy atom. The van der Waals surface area contributed by atoms with Crippen LogP contribution in [-0.2, 0) is 10.0 Å². The summed E-state index contributed by atoms with van der Waals surface area (Å²) in [6.45, 7) is 0. The van der Waals surface area contributed by atoms with Crippen molar-refractivity contribution in [2.45, 2.75) is 23.8 Å². The van der Waals surface area contributed by atoms with Crippen molar-refractivity contribution in [1.29, 1.82) is 0 Å². The number of carbonyl (C=O) groups is 1. The van der Waals surface area contributed by atoms with Gasteiger partial charge in [0.2, 0.25) is 10.0 Å². The molecule has 0 amide bonds. The van der Waals surface area contributed by atoms with E-state index in [1.165, 1.54) is 13.2 Å². The van der Waals surface area contributed by atoms with E-state index in [1.807, 2.05) is 0 Å². The minimum absolute atomic E-state index is 0.0226. The first kappa shape index (κ1) is 14.1. The number of carboxylic acid groups (broad SMARTS) is 1. The van der Waals surface area contributed by atoms with Gasteiger partial charge in [-0.15, -0.1) is 0 Å². The van der Waals surface area contributed by atoms with E-state index in [2.05, 4.69) is 4.72 Å². The van der Waals surface area contributed by atoms with Crippen LogP contribution < -0.4 is 9.46 Å². The van der Waals surface area contributed by atoms with Crippen molar-refractivity contribution >= 4 is 27.6 Å². The summed E-state index contributed by atoms with van der Waals surface area (Å²) in [6, 6.07) is 2.23. The van der Waals surface area contributed by atoms with Crippen LogP contribution in [0.15, 0.2) is 17.0 Å². The molecule has 8 heteroatoms. The molecule has 1 saturated carbocycles. The molecule has 0 bridgehead atoms. The predicted molar refractivity (Wildman–Crippen MR) is 68.3 cm³/mol. The Labute approximate surface area is 115 Å². The van der Waals surface area contributed by atoms with Gasteiger partial charge in [0.25, 0.3) is 0 Å². The van der Waals surface area contributed by atoms with E-state index >= 15 is 0 Å². The van der Waals surface area contributed by atoms with Crippen LogP contribution in [0.25, 0.3) is 0 Å². The fourth-order valence-electron chi connectivity index (χ4n) is 1.62. The Morgan fingerprint density at radius 1 is 1.47 bits per heavy atom. The molecular weight excluding hydrogens is 294 g/mol. The van der Waals surface area contributed by atoms with Gasteiger partial charge >= 0.3 is 5.97 Å². The third-order valence-electron chi connectivity index (χ3n) is 2.64. The number of nitrogens with one attached hydrogen (secondary N) is 1. The molecule has 1 aromatic rings. The van der Waals surface area contributed by atoms with Crippen LogP contribution >= 0.6 is 11.6 Å². The standard InChI is InChI=1S/C11H12ClNO5S/c1-18-10-8(11(14)15)4-6(12)5-9(10)19(16,17)13-7-2-3-7/h4-5,7,13H,2-3H2,1H3,(H,14,15). The quantitative estimate of drug-likeness (QED) is 0.859. The van der Waals surface area contributed by atoms with E-state index in [-0.39, 0.29) is 27.3 Å². The molecule has 0 spiro atoms. The summed E-state index contributed by atoms with van der Waals surface area (Å²) in [5.74, 6) is -1.52. The molecule has 0 unspecified atom stereocenters. The molecule has 0 saturated heterocycles. The summed E-state index contributed by atoms with van der Waals surface area (Å²) in [4.78, 5) is 10.8. The highest BCUT2D eigenvalue weighted by Crippen LogP contribution is 2.33. The Kier molecular flexibility index (Phi) is 3.71. The summed E-state index contributed by atoms with van der Waals surface area (Å²) in [5, 5.41) is 9.07. The SMILES string of the molecule is COc1c(C(=O)O)cc(Cl)cc1S(=O)(=O)NC1CC1. The maximum absolute atomic E-state index is 12.1. The van der Waals surface area contributed by atoms with Gasteiger partial charge in [-0.25, -0.2) is 17.9 Å². The normalized spacial score (nSPS) is 15.3. The van der Waals surface area contributed by atoms with Crippen LogP contribution in [0.1, 0.15) is 23.2 Å². The van der Waals surface area contributed by atoms with Crippen molar-refractivity contribution in [3.63, 3.8) is 0 Å². The summed E-state index contributed by atoms with van der Waals surface area (Å²) in [5.41, 5.74) is -0.286. The number of aromatic carboxylic acids is 1. The van der Waals surface area contributed by atoms with Crippen molar-refractivity contribution < 1.29 is 23.1 Å². The lowest BCUT2D eigenvalue weighted by atomic mass is 10.2. The molecule has 2 rings (SSSR count). The van der Waals surface area contributed by atoms with Gasteiger partial charge in [-0.3, -0.25) is 0 Å². The Balaban J connectivity index is 2.57. The number of sulfonamides is 1. The fourth-order valence-corrected chi connectivity index (χ4v) is 3.43. The van der Waals surface area contributed by atoms with Crippen LogP contribution in [0.5, 0.6) is 5.75 Å². The van der Waals surface area contributed by atoms with E-state index in [9.17, 15) is 13.2 Å². The van der Waals surface area contributed by atoms with Gasteiger partial charge in [0, 0.05) is 11.1 Å². The zero-order valence-electron chi connectivity index (χ0n) is 10.0. The molecule has 0 aliphatic heterocycles. The van der Waals surface area contributed by atoms with E-state index < -0.39 is 16.0 Å². The average Bonchev–Trinajstić information content (AvgIpc) is 3.11. The highest BCUT2D eigenvalue weighted by molar-refractivity contribution is 7.89. The Hall–Kier alpha value is -1.31. The third kappa shape index (κ3) is 2.99. The summed E-state index contributed by atoms with van der Waals surface area (Å²) >= 11 is 5.77. The van der Waals surface area contributed by atoms with Gasteiger partial charge in [-0.1, -0.05) is 11.6 Å². The Morgan fingerprint density at radius 2 is 2.11 bits per heavy atom. The van der Waals surface area contributed by atoms with Gasteiger partial charge in [-0.05, 0) is 25.0 Å². The van der Waals surface area contributed by atoms with Gasteiger partial charge in [0.1, 0.15) is 10.5 Å². The number of rotatable bonds is 5. The molecule has 0 atom stereocenters. The van der Waals surface area contributed by atoms with E-state index in [1.54, 1.807) is 0 Å². The van der Waals surface area contributed by atoms with Crippen LogP contribution in [-0.4, -0.2) is 32.6 Å². The lowest BCUT2D eigenvalue weighted by Gasteiger charge is -2.13. The molecule has 6 nitrogen and oxygen atoms in total. The molecular formula is C11H12ClNO5S. The highest BCUT2D eigenvalue weighted by Gasteiger charge is 2.31. The van der Waals surface area contributed by atoms with E-state index in [4.69, 9.17) is 21.4 Å². The first-order chi connectivity index (χ1) is 8.85. The van der Waals surface area contributed by atoms with Crippen molar-refractivity contribution in [2.75, 3.05) is 7.11 Å². The maximum Gasteiger partial charge on any atom is 0.339 e. The second-order valence-electron chi connectivity index (χ2n) is 4.19. The number of hydrogen-bond acceptors (Lipinski definition) is 4. The van der Waals surface area contributed by atoms with Gasteiger partial charge in [-0.2, -0.15) is 0 Å². The van der Waals surface area contributed by atoms with Crippen LogP contribution in [0.2, 0.25) is 5.02 Å². The largest absolute Gasteiger partial charge is 0.494 e. The summed E-state index contributed by atoms with van der Waals surface area (Å²) in [6.07, 6.45) is 1.54. The van der Waals surface area contributed by atoms with Crippen molar-refractivity contribution in [1.82, 2.24) is 4.72 Å². The van der Waals surface area contributed by atoms with Gasteiger partial charge in [0.15, 0.2) is 5.75 Å². The zero-order valence-corrected chi connectivity index (χ0v) is 11.6. The molecule has 0 heterocycles. The molecule has 0 aromatic heterocycles. The summed E-state index contributed by atoms with van der Waals surface area (Å²) < 4.78 is 31.7. The minimum atomic E-state index is -3.84. The number of halogens is 1. The smallest absolute Gasteiger partial charge is 0.339 e. The van der Waals surface area contributed by atoms with Crippen molar-refractivity contribution in [3.05, 3.63) is 22.7 Å². The van der Waals surface area contributed by atoms with Crippen molar-refractivity contribution in [2.24, 2.45) is 0 Å². The second kappa shape index (κ2) is 4.99. The average molecular weight is 306 g/mol. The maximum atomic E-state index is 12.1. The molecule has 104 valence electrons. The zero-order chi connectivity index (χ0) is 14.2. The molecule has 1 aromatic carbocycles. The van der Waals surface area contributed by atoms with Crippen LogP contribution in [0.4, 0.5) is 0 Å². The van der Waals surface area contributed by atoms with E-state index in [0.717, 1.165) is 18.9 Å². The first-order valence-electron chi connectivity index (χ1n) is 5.48. The topological polar surface area (TPSA) is 92.7 Å². The first-order valence-corrected chi connectivity index (χ1v) is 7.34. The molecule has 1 fully saturated rings. The summed E-state index contributed by atoms with van der Waals surface area (Å²) in [7, 11) is -2.63. The van der Waals surface area contributed by atoms with Gasteiger partial charge < -0.3 is 9.84 Å². The molecule has 1 aliphatic rings. The number of methoxy groups -OCH3 is 1. The fraction of sp³-hybridized carbons (Fsp3) is 0.364. The molecule has 0 radical (unpaired) electrons. The number of hydrogen-bond donors (Lipinski definition) is 2. The lowest BCUT2D eigenvalue weighted by Crippen LogP contribution is -2.26. The van der Waals surface area contributed by atoms with Crippen LogP contribution in [0, 0.1) is 0 Å². The monoisotopic (exact) mass is 305 g/mol. The second-order valence-corrected chi connectivity index (χ2v) is 6.30. The predicted octanol–water partition coefficient (Wildman–Crippen LogP) is 1.49. The van der Waals surface area contributed by atoms with Gasteiger partial charge in [0.05, 0.1) is 7.11 Å². The number of carboxylic acids is 1. The highest BCUT2D eigenvalue weighted by atomic mass is 35.5. The molecule has 2 N–H and O–H groups in total. The Bertz CT molecular complexity index is 624. The third-order valence-corrected chi connectivity index (χ3v) is 4.39. The molecule has 19 heavy (non-hydrogen) atoms. The van der Waals surface area contributed by atoms with Crippen molar-refractivity contribution in [3.8, 4) is 5.75 Å². The molecule has 1 aliphatic carbocycles. The lowest BCUT2D eigenvalue weighted by molar-refractivity contribution is 0.0693.